The summed E-state index contributed by atoms with van der Waals surface area (Å²) >= 11 is 0. The van der Waals surface area contributed by atoms with Crippen LogP contribution in [0.4, 0.5) is 21.6 Å². The number of nitrogens with one attached hydrogen (secondary N) is 1. The van der Waals surface area contributed by atoms with E-state index in [-0.39, 0.29) is 28.3 Å². The molecule has 0 aliphatic heterocycles. The number of carboxylic acids is 1. The van der Waals surface area contributed by atoms with Crippen LogP contribution in [-0.2, 0) is 0 Å². The number of nitrogens with zero attached hydrogens (tertiary/aromatic N) is 2. The Bertz CT molecular complexity index is 725. The van der Waals surface area contributed by atoms with E-state index in [4.69, 9.17) is 16.1 Å². The van der Waals surface area contributed by atoms with Gasteiger partial charge in [-0.3, -0.25) is 0 Å². The molecule has 0 unspecified atom stereocenters. The fourth-order valence-corrected chi connectivity index (χ4v) is 1.60. The van der Waals surface area contributed by atoms with Crippen LogP contribution < -0.4 is 11.1 Å². The number of aromatic nitrogens is 1. The second-order valence-corrected chi connectivity index (χ2v) is 3.85. The highest BCUT2D eigenvalue weighted by molar-refractivity contribution is 5.96. The number of nitrogen functional groups attached to an aromatic ring is 1. The molecule has 2 aromatic rings. The summed E-state index contributed by atoms with van der Waals surface area (Å²) in [4.78, 5) is 14.9. The van der Waals surface area contributed by atoms with Crippen LogP contribution in [0.3, 0.4) is 0 Å². The normalized spacial score (nSPS) is 9.80. The van der Waals surface area contributed by atoms with Gasteiger partial charge >= 0.3 is 5.97 Å². The molecule has 0 radical (unpaired) electrons. The van der Waals surface area contributed by atoms with Crippen molar-refractivity contribution in [3.05, 3.63) is 47.4 Å². The minimum atomic E-state index is -1.19. The molecule has 100 valence electrons. The number of benzene rings is 1. The molecule has 0 aliphatic rings. The summed E-state index contributed by atoms with van der Waals surface area (Å²) in [6, 6.07) is 6.66. The molecule has 4 N–H and O–H groups in total. The van der Waals surface area contributed by atoms with Gasteiger partial charge in [-0.2, -0.15) is 5.26 Å². The maximum Gasteiger partial charge on any atom is 0.337 e. The van der Waals surface area contributed by atoms with Crippen molar-refractivity contribution >= 4 is 23.2 Å². The number of carbonyl (C=O) groups is 1. The van der Waals surface area contributed by atoms with Crippen molar-refractivity contribution < 1.29 is 14.3 Å². The monoisotopic (exact) mass is 272 g/mol. The van der Waals surface area contributed by atoms with Gasteiger partial charge in [-0.1, -0.05) is 0 Å². The largest absolute Gasteiger partial charge is 0.478 e. The lowest BCUT2D eigenvalue weighted by Gasteiger charge is -2.11. The fourth-order valence-electron chi connectivity index (χ4n) is 1.60. The Morgan fingerprint density at radius 1 is 1.45 bits per heavy atom. The lowest BCUT2D eigenvalue weighted by molar-refractivity contribution is 0.0698. The predicted octanol–water partition coefficient (Wildman–Crippen LogP) is 2.12. The summed E-state index contributed by atoms with van der Waals surface area (Å²) in [5.74, 6) is -1.65. The smallest absolute Gasteiger partial charge is 0.337 e. The van der Waals surface area contributed by atoms with E-state index in [2.05, 4.69) is 10.3 Å². The van der Waals surface area contributed by atoms with Gasteiger partial charge in [0.15, 0.2) is 5.82 Å². The summed E-state index contributed by atoms with van der Waals surface area (Å²) in [5, 5.41) is 20.6. The molecule has 0 atom stereocenters. The van der Waals surface area contributed by atoms with Crippen LogP contribution in [0.5, 0.6) is 0 Å². The average Bonchev–Trinajstić information content (AvgIpc) is 2.42. The molecule has 6 nitrogen and oxygen atoms in total. The molecule has 7 heteroatoms. The molecule has 1 heterocycles. The zero-order valence-electron chi connectivity index (χ0n) is 10.1. The molecular formula is C13H9FN4O2. The van der Waals surface area contributed by atoms with Crippen molar-refractivity contribution in [2.24, 2.45) is 0 Å². The quantitative estimate of drug-likeness (QED) is 0.788. The molecule has 20 heavy (non-hydrogen) atoms. The predicted molar refractivity (Wildman–Crippen MR) is 70.0 cm³/mol. The van der Waals surface area contributed by atoms with E-state index in [9.17, 15) is 9.18 Å². The summed E-state index contributed by atoms with van der Waals surface area (Å²) in [7, 11) is 0. The van der Waals surface area contributed by atoms with Crippen LogP contribution in [0, 0.1) is 17.1 Å². The van der Waals surface area contributed by atoms with Crippen LogP contribution in [0.2, 0.25) is 0 Å². The first-order valence-electron chi connectivity index (χ1n) is 5.47. The molecule has 0 saturated carbocycles. The number of carboxylic acid groups (broad SMARTS) is 1. The van der Waals surface area contributed by atoms with Gasteiger partial charge in [0.2, 0.25) is 0 Å². The summed E-state index contributed by atoms with van der Waals surface area (Å²) in [6.07, 6.45) is 1.28. The summed E-state index contributed by atoms with van der Waals surface area (Å²) in [5.41, 5.74) is 5.87. The summed E-state index contributed by atoms with van der Waals surface area (Å²) in [6.45, 7) is 0. The number of halogens is 1. The maximum absolute atomic E-state index is 13.0. The molecule has 0 saturated heterocycles. The van der Waals surface area contributed by atoms with Gasteiger partial charge in [-0.05, 0) is 24.3 Å². The maximum atomic E-state index is 13.0. The molecule has 0 amide bonds. The number of aromatic carboxylic acids is 1. The van der Waals surface area contributed by atoms with Gasteiger partial charge in [-0.25, -0.2) is 14.2 Å². The van der Waals surface area contributed by atoms with Gasteiger partial charge in [0, 0.05) is 6.20 Å². The number of pyridine rings is 1. The Morgan fingerprint density at radius 3 is 2.85 bits per heavy atom. The topological polar surface area (TPSA) is 112 Å². The van der Waals surface area contributed by atoms with E-state index >= 15 is 0 Å². The third-order valence-corrected chi connectivity index (χ3v) is 2.58. The lowest BCUT2D eigenvalue weighted by Crippen LogP contribution is -2.07. The highest BCUT2D eigenvalue weighted by Gasteiger charge is 2.13. The Labute approximate surface area is 113 Å². The van der Waals surface area contributed by atoms with Gasteiger partial charge in [0.05, 0.1) is 22.5 Å². The number of rotatable bonds is 3. The van der Waals surface area contributed by atoms with Crippen molar-refractivity contribution in [2.45, 2.75) is 0 Å². The Hall–Kier alpha value is -3.14. The molecule has 0 bridgehead atoms. The second kappa shape index (κ2) is 5.24. The van der Waals surface area contributed by atoms with Crippen LogP contribution in [0.25, 0.3) is 0 Å². The van der Waals surface area contributed by atoms with Crippen LogP contribution in [0.1, 0.15) is 15.9 Å². The van der Waals surface area contributed by atoms with E-state index in [1.54, 1.807) is 0 Å². The van der Waals surface area contributed by atoms with Crippen molar-refractivity contribution in [1.82, 2.24) is 4.98 Å². The minimum Gasteiger partial charge on any atom is -0.478 e. The van der Waals surface area contributed by atoms with E-state index < -0.39 is 11.8 Å². The molecule has 0 spiro atoms. The second-order valence-electron chi connectivity index (χ2n) is 3.85. The first kappa shape index (κ1) is 13.3. The minimum absolute atomic E-state index is 0.0618. The van der Waals surface area contributed by atoms with Crippen LogP contribution in [-0.4, -0.2) is 16.1 Å². The SMILES string of the molecule is N#Cc1cc(F)ccc1Nc1nccc(C(=O)O)c1N. The highest BCUT2D eigenvalue weighted by atomic mass is 19.1. The summed E-state index contributed by atoms with van der Waals surface area (Å²) < 4.78 is 13.0. The van der Waals surface area contributed by atoms with Crippen molar-refractivity contribution in [1.29, 1.82) is 5.26 Å². The van der Waals surface area contributed by atoms with Gasteiger partial charge in [0.1, 0.15) is 11.9 Å². The molecule has 0 aliphatic carbocycles. The van der Waals surface area contributed by atoms with E-state index in [0.717, 1.165) is 6.07 Å². The highest BCUT2D eigenvalue weighted by Crippen LogP contribution is 2.26. The number of nitriles is 1. The Balaban J connectivity index is 2.44. The van der Waals surface area contributed by atoms with Crippen molar-refractivity contribution in [2.75, 3.05) is 11.1 Å². The number of hydrogen-bond acceptors (Lipinski definition) is 5. The van der Waals surface area contributed by atoms with E-state index in [0.29, 0.717) is 0 Å². The van der Waals surface area contributed by atoms with Crippen LogP contribution in [0.15, 0.2) is 30.5 Å². The van der Waals surface area contributed by atoms with Gasteiger partial charge in [-0.15, -0.1) is 0 Å². The van der Waals surface area contributed by atoms with E-state index in [1.807, 2.05) is 6.07 Å². The zero-order valence-corrected chi connectivity index (χ0v) is 10.1. The van der Waals surface area contributed by atoms with Gasteiger partial charge < -0.3 is 16.2 Å². The zero-order chi connectivity index (χ0) is 14.7. The first-order valence-corrected chi connectivity index (χ1v) is 5.47. The Morgan fingerprint density at radius 2 is 2.20 bits per heavy atom. The molecule has 0 fully saturated rings. The van der Waals surface area contributed by atoms with Crippen molar-refractivity contribution in [3.63, 3.8) is 0 Å². The standard InChI is InChI=1S/C13H9FN4O2/c14-8-1-2-10(7(5-8)6-15)18-12-11(16)9(13(19)20)3-4-17-12/h1-5H,16H2,(H,17,18)(H,19,20). The van der Waals surface area contributed by atoms with Crippen LogP contribution >= 0.6 is 0 Å². The third kappa shape index (κ3) is 2.49. The molecule has 1 aromatic carbocycles. The molecular weight excluding hydrogens is 263 g/mol. The number of anilines is 3. The lowest BCUT2D eigenvalue weighted by atomic mass is 10.1. The number of nitrogens with two attached hydrogens (primary N) is 1. The molecule has 2 rings (SSSR count). The average molecular weight is 272 g/mol. The first-order chi connectivity index (χ1) is 9.52. The Kier molecular flexibility index (Phi) is 3.48. The van der Waals surface area contributed by atoms with E-state index in [1.165, 1.54) is 24.4 Å². The fraction of sp³-hybridized carbons (Fsp3) is 0. The van der Waals surface area contributed by atoms with Gasteiger partial charge in [0.25, 0.3) is 0 Å². The van der Waals surface area contributed by atoms with Crippen molar-refractivity contribution in [3.8, 4) is 6.07 Å². The number of hydrogen-bond donors (Lipinski definition) is 3. The third-order valence-electron chi connectivity index (χ3n) is 2.58. The molecule has 1 aromatic heterocycles.